The maximum absolute atomic E-state index is 10.8. The molecule has 0 bridgehead atoms. The van der Waals surface area contributed by atoms with Crippen molar-refractivity contribution in [1.29, 1.82) is 0 Å². The smallest absolute Gasteiger partial charge is 0.307 e. The zero-order valence-electron chi connectivity index (χ0n) is 10.4. The summed E-state index contributed by atoms with van der Waals surface area (Å²) in [7, 11) is 0. The highest BCUT2D eigenvalue weighted by molar-refractivity contribution is 8.00. The van der Waals surface area contributed by atoms with Crippen LogP contribution in [0.4, 0.5) is 5.13 Å². The largest absolute Gasteiger partial charge is 0.481 e. The lowest BCUT2D eigenvalue weighted by Crippen LogP contribution is -2.02. The number of carbonyl (C=O) groups is 1. The summed E-state index contributed by atoms with van der Waals surface area (Å²) in [5.41, 5.74) is 8.50. The lowest BCUT2D eigenvalue weighted by atomic mass is 10.1. The molecule has 0 saturated heterocycles. The molecule has 1 aromatic carbocycles. The normalized spacial score (nSPS) is 10.6. The molecule has 0 spiro atoms. The molecule has 1 heterocycles. The van der Waals surface area contributed by atoms with E-state index in [1.54, 1.807) is 11.8 Å². The number of aromatic nitrogens is 1. The molecule has 3 N–H and O–H groups in total. The van der Waals surface area contributed by atoms with Crippen LogP contribution in [0.25, 0.3) is 0 Å². The number of nitrogens with zero attached hydrogens (tertiary/aromatic N) is 1. The van der Waals surface area contributed by atoms with Gasteiger partial charge in [-0.3, -0.25) is 4.79 Å². The van der Waals surface area contributed by atoms with Crippen molar-refractivity contribution in [1.82, 2.24) is 4.98 Å². The van der Waals surface area contributed by atoms with Crippen LogP contribution in [0.3, 0.4) is 0 Å². The predicted octanol–water partition coefficient (Wildman–Crippen LogP) is 2.95. The fourth-order valence-electron chi connectivity index (χ4n) is 1.71. The minimum atomic E-state index is -0.810. The van der Waals surface area contributed by atoms with Crippen LogP contribution >= 0.6 is 23.1 Å². The molecule has 0 atom stereocenters. The second kappa shape index (κ2) is 6.08. The van der Waals surface area contributed by atoms with Gasteiger partial charge < -0.3 is 10.8 Å². The van der Waals surface area contributed by atoms with Crippen LogP contribution in [-0.4, -0.2) is 16.1 Å². The van der Waals surface area contributed by atoms with Crippen molar-refractivity contribution < 1.29 is 9.90 Å². The van der Waals surface area contributed by atoms with E-state index in [1.165, 1.54) is 11.3 Å². The number of aliphatic carboxylic acids is 1. The Kier molecular flexibility index (Phi) is 4.44. The first-order valence-corrected chi connectivity index (χ1v) is 7.50. The third-order valence-electron chi connectivity index (χ3n) is 2.59. The zero-order chi connectivity index (χ0) is 13.8. The molecule has 0 unspecified atom stereocenters. The van der Waals surface area contributed by atoms with Crippen LogP contribution in [0.1, 0.15) is 16.8 Å². The predicted molar refractivity (Wildman–Crippen MR) is 78.6 cm³/mol. The summed E-state index contributed by atoms with van der Waals surface area (Å²) in [5, 5.41) is 9.46. The molecule has 0 fully saturated rings. The molecular formula is C13H14N2O2S2. The number of thioether (sulfide) groups is 1. The van der Waals surface area contributed by atoms with E-state index in [9.17, 15) is 4.79 Å². The van der Waals surface area contributed by atoms with Crippen molar-refractivity contribution in [3.05, 3.63) is 41.1 Å². The molecule has 4 nitrogen and oxygen atoms in total. The number of anilines is 1. The number of thiazole rings is 1. The molecule has 0 amide bonds. The molecule has 0 aliphatic rings. The van der Waals surface area contributed by atoms with E-state index in [1.807, 2.05) is 31.2 Å². The average molecular weight is 294 g/mol. The van der Waals surface area contributed by atoms with Gasteiger partial charge in [-0.05, 0) is 18.1 Å². The van der Waals surface area contributed by atoms with Crippen LogP contribution in [0, 0.1) is 6.92 Å². The second-order valence-corrected chi connectivity index (χ2v) is 6.33. The van der Waals surface area contributed by atoms with Gasteiger partial charge in [-0.15, -0.1) is 11.8 Å². The summed E-state index contributed by atoms with van der Waals surface area (Å²) in [5.74, 6) is -0.0815. The van der Waals surface area contributed by atoms with Gasteiger partial charge in [-0.2, -0.15) is 0 Å². The number of hydrogen-bond acceptors (Lipinski definition) is 5. The average Bonchev–Trinajstić information content (AvgIpc) is 2.66. The third kappa shape index (κ3) is 3.71. The number of nitrogens with two attached hydrogens (primary N) is 1. The van der Waals surface area contributed by atoms with Crippen molar-refractivity contribution in [3.8, 4) is 0 Å². The Morgan fingerprint density at radius 2 is 2.11 bits per heavy atom. The van der Waals surface area contributed by atoms with Crippen molar-refractivity contribution in [2.75, 3.05) is 5.73 Å². The first kappa shape index (κ1) is 13.9. The summed E-state index contributed by atoms with van der Waals surface area (Å²) in [6.07, 6.45) is 0.0561. The van der Waals surface area contributed by atoms with E-state index in [0.717, 1.165) is 26.8 Å². The summed E-state index contributed by atoms with van der Waals surface area (Å²) in [6.45, 7) is 1.93. The molecular weight excluding hydrogens is 280 g/mol. The van der Waals surface area contributed by atoms with Gasteiger partial charge in [0, 0.05) is 5.75 Å². The Hall–Kier alpha value is -1.53. The van der Waals surface area contributed by atoms with Gasteiger partial charge in [0.1, 0.15) is 0 Å². The number of benzene rings is 1. The number of aryl methyl sites for hydroxylation is 1. The lowest BCUT2D eigenvalue weighted by Gasteiger charge is -2.06. The van der Waals surface area contributed by atoms with Gasteiger partial charge in [-0.1, -0.05) is 35.6 Å². The minimum absolute atomic E-state index is 0.0561. The molecule has 0 aliphatic carbocycles. The van der Waals surface area contributed by atoms with Crippen LogP contribution in [0.15, 0.2) is 28.5 Å². The number of carboxylic acid groups (broad SMARTS) is 1. The van der Waals surface area contributed by atoms with Crippen molar-refractivity contribution in [3.63, 3.8) is 0 Å². The molecule has 0 aliphatic heterocycles. The second-order valence-electron chi connectivity index (χ2n) is 4.05. The SMILES string of the molecule is Cc1nc(N)sc1SCc1ccccc1CC(=O)O. The Labute approximate surface area is 119 Å². The summed E-state index contributed by atoms with van der Waals surface area (Å²) < 4.78 is 1.09. The van der Waals surface area contributed by atoms with Crippen LogP contribution in [0.2, 0.25) is 0 Å². The Morgan fingerprint density at radius 3 is 2.68 bits per heavy atom. The number of carboxylic acids is 1. The van der Waals surface area contributed by atoms with E-state index < -0.39 is 5.97 Å². The monoisotopic (exact) mass is 294 g/mol. The topological polar surface area (TPSA) is 76.2 Å². The Bertz CT molecular complexity index is 596. The number of rotatable bonds is 5. The molecule has 100 valence electrons. The van der Waals surface area contributed by atoms with E-state index in [0.29, 0.717) is 5.13 Å². The molecule has 1 aromatic heterocycles. The molecule has 19 heavy (non-hydrogen) atoms. The number of nitrogen functional groups attached to an aromatic ring is 1. The van der Waals surface area contributed by atoms with Gasteiger partial charge in [-0.25, -0.2) is 4.98 Å². The van der Waals surface area contributed by atoms with E-state index in [4.69, 9.17) is 10.8 Å². The van der Waals surface area contributed by atoms with Crippen LogP contribution in [-0.2, 0) is 17.0 Å². The fourth-order valence-corrected chi connectivity index (χ4v) is 3.77. The van der Waals surface area contributed by atoms with E-state index in [2.05, 4.69) is 4.98 Å². The van der Waals surface area contributed by atoms with Gasteiger partial charge in [0.25, 0.3) is 0 Å². The first-order valence-electron chi connectivity index (χ1n) is 5.70. The quantitative estimate of drug-likeness (QED) is 0.829. The standard InChI is InChI=1S/C13H14N2O2S2/c1-8-12(19-13(14)15-8)18-7-10-5-3-2-4-9(10)6-11(16)17/h2-5H,6-7H2,1H3,(H2,14,15)(H,16,17). The van der Waals surface area contributed by atoms with E-state index >= 15 is 0 Å². The first-order chi connectivity index (χ1) is 9.06. The van der Waals surface area contributed by atoms with Crippen LogP contribution < -0.4 is 5.73 Å². The van der Waals surface area contributed by atoms with Crippen molar-refractivity contribution in [2.45, 2.75) is 23.3 Å². The van der Waals surface area contributed by atoms with Gasteiger partial charge in [0.2, 0.25) is 0 Å². The maximum Gasteiger partial charge on any atom is 0.307 e. The molecule has 0 radical (unpaired) electrons. The van der Waals surface area contributed by atoms with Crippen molar-refractivity contribution in [2.24, 2.45) is 0 Å². The molecule has 2 rings (SSSR count). The van der Waals surface area contributed by atoms with Gasteiger partial charge >= 0.3 is 5.97 Å². The zero-order valence-corrected chi connectivity index (χ0v) is 12.1. The molecule has 6 heteroatoms. The van der Waals surface area contributed by atoms with Crippen molar-refractivity contribution >= 4 is 34.2 Å². The number of hydrogen-bond donors (Lipinski definition) is 2. The summed E-state index contributed by atoms with van der Waals surface area (Å²) in [4.78, 5) is 15.0. The molecule has 0 saturated carbocycles. The highest BCUT2D eigenvalue weighted by atomic mass is 32.2. The maximum atomic E-state index is 10.8. The van der Waals surface area contributed by atoms with Gasteiger partial charge in [0.05, 0.1) is 16.3 Å². The minimum Gasteiger partial charge on any atom is -0.481 e. The van der Waals surface area contributed by atoms with Gasteiger partial charge in [0.15, 0.2) is 5.13 Å². The summed E-state index contributed by atoms with van der Waals surface area (Å²) in [6, 6.07) is 7.61. The fraction of sp³-hybridized carbons (Fsp3) is 0.231. The Morgan fingerprint density at radius 1 is 1.42 bits per heavy atom. The lowest BCUT2D eigenvalue weighted by molar-refractivity contribution is -0.136. The van der Waals surface area contributed by atoms with Crippen LogP contribution in [0.5, 0.6) is 0 Å². The highest BCUT2D eigenvalue weighted by Gasteiger charge is 2.09. The Balaban J connectivity index is 2.11. The molecule has 2 aromatic rings. The highest BCUT2D eigenvalue weighted by Crippen LogP contribution is 2.33. The van der Waals surface area contributed by atoms with E-state index in [-0.39, 0.29) is 6.42 Å². The third-order valence-corrected chi connectivity index (χ3v) is 4.99. The summed E-state index contributed by atoms with van der Waals surface area (Å²) >= 11 is 3.11.